The Morgan fingerprint density at radius 3 is 2.25 bits per heavy atom. The zero-order valence-electron chi connectivity index (χ0n) is 13.2. The average molecular weight is 329 g/mol. The van der Waals surface area contributed by atoms with Gasteiger partial charge in [-0.3, -0.25) is 0 Å². The zero-order valence-corrected chi connectivity index (χ0v) is 13.2. The van der Waals surface area contributed by atoms with Crippen molar-refractivity contribution in [3.63, 3.8) is 0 Å². The van der Waals surface area contributed by atoms with Crippen LogP contribution in [0.5, 0.6) is 5.75 Å². The van der Waals surface area contributed by atoms with Gasteiger partial charge < -0.3 is 20.3 Å². The number of aliphatic carboxylic acids is 1. The van der Waals surface area contributed by atoms with Crippen LogP contribution in [0, 0.1) is 0 Å². The summed E-state index contributed by atoms with van der Waals surface area (Å²) in [5.74, 6) is -1.08. The number of carbonyl (C=O) groups is 2. The predicted molar refractivity (Wildman–Crippen MR) is 87.6 cm³/mol. The van der Waals surface area contributed by atoms with Gasteiger partial charge in [-0.15, -0.1) is 0 Å². The second-order valence-electron chi connectivity index (χ2n) is 5.67. The number of nitrogens with one attached hydrogen (secondary N) is 1. The second-order valence-corrected chi connectivity index (χ2v) is 5.67. The number of aromatic hydroxyl groups is 1. The number of amides is 1. The van der Waals surface area contributed by atoms with Gasteiger partial charge in [-0.05, 0) is 30.2 Å². The Morgan fingerprint density at radius 2 is 1.67 bits per heavy atom. The molecule has 3 N–H and O–H groups in total. The van der Waals surface area contributed by atoms with Crippen molar-refractivity contribution < 1.29 is 24.5 Å². The number of rotatable bonds is 6. The third-order valence-corrected chi connectivity index (χ3v) is 3.56. The maximum atomic E-state index is 11.9. The van der Waals surface area contributed by atoms with Crippen molar-refractivity contribution >= 4 is 12.1 Å². The minimum absolute atomic E-state index is 0.0571. The quantitative estimate of drug-likeness (QED) is 0.757. The Morgan fingerprint density at radius 1 is 1.04 bits per heavy atom. The van der Waals surface area contributed by atoms with E-state index in [0.717, 1.165) is 5.56 Å². The van der Waals surface area contributed by atoms with E-state index in [1.807, 2.05) is 18.2 Å². The average Bonchev–Trinajstić information content (AvgIpc) is 2.56. The largest absolute Gasteiger partial charge is 0.508 e. The molecular formula is C18H19NO5. The van der Waals surface area contributed by atoms with Crippen molar-refractivity contribution in [3.05, 3.63) is 65.7 Å². The van der Waals surface area contributed by atoms with Gasteiger partial charge >= 0.3 is 12.1 Å². The minimum Gasteiger partial charge on any atom is -0.508 e. The molecule has 1 amide bonds. The molecule has 0 bridgehead atoms. The summed E-state index contributed by atoms with van der Waals surface area (Å²) in [5.41, 5.74) is -0.0469. The Balaban J connectivity index is 1.99. The molecule has 2 rings (SSSR count). The number of phenols is 1. The van der Waals surface area contributed by atoms with E-state index >= 15 is 0 Å². The van der Waals surface area contributed by atoms with Crippen molar-refractivity contribution in [2.45, 2.75) is 25.5 Å². The van der Waals surface area contributed by atoms with Gasteiger partial charge in [-0.1, -0.05) is 42.5 Å². The number of hydrogen-bond donors (Lipinski definition) is 3. The van der Waals surface area contributed by atoms with Crippen LogP contribution >= 0.6 is 0 Å². The molecule has 6 heteroatoms. The normalized spacial score (nSPS) is 12.9. The van der Waals surface area contributed by atoms with E-state index in [2.05, 4.69) is 5.32 Å². The fourth-order valence-corrected chi connectivity index (χ4v) is 2.18. The SMILES string of the molecule is C[C@@](Cc1ccc(O)cc1)(NC(=O)OCc1ccccc1)C(=O)O. The van der Waals surface area contributed by atoms with E-state index in [1.165, 1.54) is 19.1 Å². The molecule has 126 valence electrons. The number of carboxylic acid groups (broad SMARTS) is 1. The van der Waals surface area contributed by atoms with Crippen molar-refractivity contribution in [1.82, 2.24) is 5.32 Å². The molecule has 0 heterocycles. The molecule has 0 saturated heterocycles. The third-order valence-electron chi connectivity index (χ3n) is 3.56. The summed E-state index contributed by atoms with van der Waals surface area (Å²) in [6.45, 7) is 1.47. The van der Waals surface area contributed by atoms with Crippen LogP contribution in [0.1, 0.15) is 18.1 Å². The fourth-order valence-electron chi connectivity index (χ4n) is 2.18. The van der Waals surface area contributed by atoms with E-state index < -0.39 is 17.6 Å². The van der Waals surface area contributed by atoms with Crippen LogP contribution < -0.4 is 5.32 Å². The maximum Gasteiger partial charge on any atom is 0.408 e. The number of ether oxygens (including phenoxy) is 1. The van der Waals surface area contributed by atoms with Gasteiger partial charge in [0.15, 0.2) is 0 Å². The standard InChI is InChI=1S/C18H19NO5/c1-18(16(21)22,11-13-7-9-15(20)10-8-13)19-17(23)24-12-14-5-3-2-4-6-14/h2-10,20H,11-12H2,1H3,(H,19,23)(H,21,22)/t18-/m0/s1. The molecule has 2 aromatic rings. The van der Waals surface area contributed by atoms with Gasteiger partial charge in [0.05, 0.1) is 0 Å². The Kier molecular flexibility index (Phi) is 5.42. The molecule has 0 spiro atoms. The lowest BCUT2D eigenvalue weighted by Crippen LogP contribution is -2.53. The number of carboxylic acids is 1. The molecule has 0 saturated carbocycles. The third kappa shape index (κ3) is 4.74. The number of alkyl carbamates (subject to hydrolysis) is 1. The van der Waals surface area contributed by atoms with Crippen molar-refractivity contribution in [3.8, 4) is 5.75 Å². The molecule has 0 aliphatic rings. The topological polar surface area (TPSA) is 95.9 Å². The summed E-state index contributed by atoms with van der Waals surface area (Å²) in [6, 6.07) is 15.2. The monoisotopic (exact) mass is 329 g/mol. The molecular weight excluding hydrogens is 310 g/mol. The number of benzene rings is 2. The van der Waals surface area contributed by atoms with Crippen LogP contribution in [-0.2, 0) is 22.6 Å². The van der Waals surface area contributed by atoms with Gasteiger partial charge in [0.2, 0.25) is 0 Å². The van der Waals surface area contributed by atoms with Crippen LogP contribution in [0.25, 0.3) is 0 Å². The predicted octanol–water partition coefficient (Wildman–Crippen LogP) is 2.70. The molecule has 0 unspecified atom stereocenters. The summed E-state index contributed by atoms with van der Waals surface area (Å²) in [5, 5.41) is 21.1. The highest BCUT2D eigenvalue weighted by atomic mass is 16.5. The van der Waals surface area contributed by atoms with E-state index in [-0.39, 0.29) is 18.8 Å². The van der Waals surface area contributed by atoms with Gasteiger partial charge in [-0.2, -0.15) is 0 Å². The van der Waals surface area contributed by atoms with Gasteiger partial charge in [0.1, 0.15) is 17.9 Å². The first-order valence-electron chi connectivity index (χ1n) is 7.39. The summed E-state index contributed by atoms with van der Waals surface area (Å²) < 4.78 is 5.08. The summed E-state index contributed by atoms with van der Waals surface area (Å²) in [7, 11) is 0. The first kappa shape index (κ1) is 17.3. The fraction of sp³-hybridized carbons (Fsp3) is 0.222. The number of carbonyl (C=O) groups excluding carboxylic acids is 1. The van der Waals surface area contributed by atoms with Crippen molar-refractivity contribution in [2.75, 3.05) is 0 Å². The molecule has 0 aliphatic heterocycles. The highest BCUT2D eigenvalue weighted by molar-refractivity contribution is 5.84. The van der Waals surface area contributed by atoms with Crippen LogP contribution in [0.3, 0.4) is 0 Å². The molecule has 0 fully saturated rings. The molecule has 0 aliphatic carbocycles. The zero-order chi connectivity index (χ0) is 17.6. The summed E-state index contributed by atoms with van der Waals surface area (Å²) in [6.07, 6.45) is -0.745. The number of phenolic OH excluding ortho intramolecular Hbond substituents is 1. The van der Waals surface area contributed by atoms with Crippen LogP contribution in [0.15, 0.2) is 54.6 Å². The second kappa shape index (κ2) is 7.50. The maximum absolute atomic E-state index is 11.9. The van der Waals surface area contributed by atoms with Crippen molar-refractivity contribution in [2.24, 2.45) is 0 Å². The Hall–Kier alpha value is -3.02. The highest BCUT2D eigenvalue weighted by Gasteiger charge is 2.35. The number of hydrogen-bond acceptors (Lipinski definition) is 4. The lowest BCUT2D eigenvalue weighted by Gasteiger charge is -2.26. The Labute approximate surface area is 139 Å². The van der Waals surface area contributed by atoms with Crippen LogP contribution in [-0.4, -0.2) is 27.8 Å². The molecule has 2 aromatic carbocycles. The van der Waals surface area contributed by atoms with Gasteiger partial charge in [0.25, 0.3) is 0 Å². The molecule has 24 heavy (non-hydrogen) atoms. The van der Waals surface area contributed by atoms with E-state index in [9.17, 15) is 19.8 Å². The van der Waals surface area contributed by atoms with Gasteiger partial charge in [-0.25, -0.2) is 9.59 Å². The first-order chi connectivity index (χ1) is 11.4. The van der Waals surface area contributed by atoms with E-state index in [4.69, 9.17) is 4.74 Å². The van der Waals surface area contributed by atoms with E-state index in [0.29, 0.717) is 5.56 Å². The first-order valence-corrected chi connectivity index (χ1v) is 7.39. The van der Waals surface area contributed by atoms with Crippen LogP contribution in [0.4, 0.5) is 4.79 Å². The Bertz CT molecular complexity index is 699. The molecule has 0 aromatic heterocycles. The summed E-state index contributed by atoms with van der Waals surface area (Å²) in [4.78, 5) is 23.5. The smallest absolute Gasteiger partial charge is 0.408 e. The molecule has 1 atom stereocenters. The lowest BCUT2D eigenvalue weighted by molar-refractivity contribution is -0.143. The van der Waals surface area contributed by atoms with E-state index in [1.54, 1.807) is 24.3 Å². The minimum atomic E-state index is -1.52. The van der Waals surface area contributed by atoms with Gasteiger partial charge in [0, 0.05) is 6.42 Å². The van der Waals surface area contributed by atoms with Crippen molar-refractivity contribution in [1.29, 1.82) is 0 Å². The van der Waals surface area contributed by atoms with Crippen LogP contribution in [0.2, 0.25) is 0 Å². The lowest BCUT2D eigenvalue weighted by atomic mass is 9.93. The highest BCUT2D eigenvalue weighted by Crippen LogP contribution is 2.17. The molecule has 6 nitrogen and oxygen atoms in total. The summed E-state index contributed by atoms with van der Waals surface area (Å²) >= 11 is 0. The molecule has 0 radical (unpaired) electrons.